The Morgan fingerprint density at radius 3 is 2.59 bits per heavy atom. The molecule has 196 valence electrons. The molecule has 5 rings (SSSR count). The smallest absolute Gasteiger partial charge is 0.266 e. The number of pyridine rings is 1. The van der Waals surface area contributed by atoms with Gasteiger partial charge in [0.25, 0.3) is 12.0 Å². The highest BCUT2D eigenvalue weighted by atomic mass is 19.3. The van der Waals surface area contributed by atoms with Crippen LogP contribution in [0.1, 0.15) is 61.8 Å². The van der Waals surface area contributed by atoms with E-state index >= 15 is 0 Å². The summed E-state index contributed by atoms with van der Waals surface area (Å²) in [6.45, 7) is 2.35. The number of hydrogen-bond acceptors (Lipinski definition) is 6. The summed E-state index contributed by atoms with van der Waals surface area (Å²) >= 11 is 0. The first-order valence-electron chi connectivity index (χ1n) is 12.3. The molecule has 2 aromatic heterocycles. The number of methoxy groups -OCH3 is 1. The Morgan fingerprint density at radius 1 is 1.24 bits per heavy atom. The highest BCUT2D eigenvalue weighted by Gasteiger charge is 2.41. The number of anilines is 1. The summed E-state index contributed by atoms with van der Waals surface area (Å²) in [5.41, 5.74) is -0.753. The highest BCUT2D eigenvalue weighted by Crippen LogP contribution is 2.40. The van der Waals surface area contributed by atoms with E-state index < -0.39 is 23.4 Å². The van der Waals surface area contributed by atoms with Crippen LogP contribution < -0.4 is 10.9 Å². The Hall–Kier alpha value is -3.47. The van der Waals surface area contributed by atoms with Gasteiger partial charge in [-0.25, -0.2) is 23.1 Å². The molecule has 1 aliphatic heterocycles. The quantitative estimate of drug-likeness (QED) is 0.505. The van der Waals surface area contributed by atoms with Crippen molar-refractivity contribution in [3.05, 3.63) is 63.5 Å². The summed E-state index contributed by atoms with van der Waals surface area (Å²) in [6, 6.07) is 5.61. The maximum atomic E-state index is 14.6. The molecule has 0 spiro atoms. The molecule has 8 nitrogen and oxygen atoms in total. The van der Waals surface area contributed by atoms with Gasteiger partial charge in [-0.15, -0.1) is 0 Å². The first-order chi connectivity index (χ1) is 17.8. The largest absolute Gasteiger partial charge is 0.373 e. The van der Waals surface area contributed by atoms with Gasteiger partial charge in [0.15, 0.2) is 0 Å². The van der Waals surface area contributed by atoms with Crippen LogP contribution in [0.25, 0.3) is 11.0 Å². The molecule has 1 amide bonds. The third-order valence-corrected chi connectivity index (χ3v) is 7.43. The number of benzene rings is 1. The van der Waals surface area contributed by atoms with Gasteiger partial charge in [-0.3, -0.25) is 14.2 Å². The van der Waals surface area contributed by atoms with Crippen LogP contribution in [0.5, 0.6) is 0 Å². The molecule has 3 heterocycles. The third-order valence-electron chi connectivity index (χ3n) is 7.43. The summed E-state index contributed by atoms with van der Waals surface area (Å²) in [5.74, 6) is -0.633. The molecule has 0 radical (unpaired) electrons. The zero-order valence-corrected chi connectivity index (χ0v) is 20.6. The van der Waals surface area contributed by atoms with Gasteiger partial charge in [0.05, 0.1) is 16.5 Å². The molecule has 0 bridgehead atoms. The van der Waals surface area contributed by atoms with E-state index in [-0.39, 0.29) is 29.6 Å². The van der Waals surface area contributed by atoms with Gasteiger partial charge < -0.3 is 15.0 Å². The highest BCUT2D eigenvalue weighted by molar-refractivity contribution is 5.87. The lowest BCUT2D eigenvalue weighted by molar-refractivity contribution is -0.135. The van der Waals surface area contributed by atoms with Crippen molar-refractivity contribution < 1.29 is 22.7 Å². The van der Waals surface area contributed by atoms with Crippen molar-refractivity contribution in [2.75, 3.05) is 25.5 Å². The second-order valence-electron chi connectivity index (χ2n) is 9.60. The number of amides is 1. The second kappa shape index (κ2) is 9.77. The van der Waals surface area contributed by atoms with Crippen LogP contribution in [0.3, 0.4) is 0 Å². The maximum Gasteiger partial charge on any atom is 0.266 e. The molecule has 2 fully saturated rings. The fourth-order valence-corrected chi connectivity index (χ4v) is 5.13. The number of likely N-dealkylation sites (tertiary alicyclic amines) is 1. The number of ether oxygens (including phenoxy) is 1. The van der Waals surface area contributed by atoms with Gasteiger partial charge in [-0.05, 0) is 31.7 Å². The minimum absolute atomic E-state index is 0.00378. The first-order valence-corrected chi connectivity index (χ1v) is 12.3. The number of nitrogens with one attached hydrogen (secondary N) is 1. The van der Waals surface area contributed by atoms with E-state index in [1.54, 1.807) is 22.6 Å². The van der Waals surface area contributed by atoms with Crippen molar-refractivity contribution >= 4 is 22.8 Å². The lowest BCUT2D eigenvalue weighted by Gasteiger charge is -2.40. The van der Waals surface area contributed by atoms with Crippen LogP contribution in [0.4, 0.5) is 19.0 Å². The van der Waals surface area contributed by atoms with Crippen molar-refractivity contribution in [2.24, 2.45) is 0 Å². The van der Waals surface area contributed by atoms with Crippen LogP contribution in [0, 0.1) is 5.82 Å². The molecule has 1 saturated carbocycles. The van der Waals surface area contributed by atoms with E-state index in [0.717, 1.165) is 18.9 Å². The third kappa shape index (κ3) is 4.56. The van der Waals surface area contributed by atoms with Crippen molar-refractivity contribution in [1.82, 2.24) is 19.4 Å². The Kier molecular flexibility index (Phi) is 6.65. The fourth-order valence-electron chi connectivity index (χ4n) is 5.13. The van der Waals surface area contributed by atoms with Gasteiger partial charge in [-0.2, -0.15) is 0 Å². The molecular formula is C26H28F3N5O3. The second-order valence-corrected chi connectivity index (χ2v) is 9.60. The molecule has 1 aliphatic carbocycles. The fraction of sp³-hybridized carbons (Fsp3) is 0.462. The number of piperidine rings is 1. The number of carbonyl (C=O) groups is 1. The average Bonchev–Trinajstić information content (AvgIpc) is 3.72. The number of aromatic nitrogens is 3. The van der Waals surface area contributed by atoms with Crippen molar-refractivity contribution in [1.29, 1.82) is 0 Å². The van der Waals surface area contributed by atoms with Gasteiger partial charge in [0.2, 0.25) is 5.91 Å². The minimum Gasteiger partial charge on any atom is -0.373 e. The Morgan fingerprint density at radius 2 is 1.97 bits per heavy atom. The standard InChI is InChI=1S/C26H28F3N5O3/c1-15(35)33-10-8-26(37-2,9-11-33)20-12-19-23(30-13-16-4-3-5-18(21(16)27)22(28)29)31-14-32-24(19)34(25(20)36)17-6-7-17/h3-5,12,14,17,22H,6-11,13H2,1-2H3,(H,30,31,32). The number of carbonyl (C=O) groups excluding carboxylic acids is 1. The minimum atomic E-state index is -2.92. The molecule has 2 aliphatic rings. The first kappa shape index (κ1) is 25.2. The van der Waals surface area contributed by atoms with Gasteiger partial charge in [0, 0.05) is 45.3 Å². The van der Waals surface area contributed by atoms with E-state index in [4.69, 9.17) is 4.74 Å². The predicted molar refractivity (Wildman–Crippen MR) is 131 cm³/mol. The van der Waals surface area contributed by atoms with E-state index in [2.05, 4.69) is 15.3 Å². The maximum absolute atomic E-state index is 14.6. The Labute approximate surface area is 211 Å². The lowest BCUT2D eigenvalue weighted by atomic mass is 9.84. The summed E-state index contributed by atoms with van der Waals surface area (Å²) in [4.78, 5) is 36.1. The molecule has 1 saturated heterocycles. The zero-order chi connectivity index (χ0) is 26.3. The average molecular weight is 516 g/mol. The number of nitrogens with zero attached hydrogens (tertiary/aromatic N) is 4. The molecule has 0 unspecified atom stereocenters. The molecular weight excluding hydrogens is 487 g/mol. The van der Waals surface area contributed by atoms with Crippen LogP contribution in [0.2, 0.25) is 0 Å². The zero-order valence-electron chi connectivity index (χ0n) is 20.6. The molecule has 37 heavy (non-hydrogen) atoms. The number of fused-ring (bicyclic) bond motifs is 1. The van der Waals surface area contributed by atoms with Crippen LogP contribution in [-0.2, 0) is 21.7 Å². The summed E-state index contributed by atoms with van der Waals surface area (Å²) in [7, 11) is 1.56. The van der Waals surface area contributed by atoms with Crippen molar-refractivity contribution in [3.63, 3.8) is 0 Å². The van der Waals surface area contributed by atoms with Gasteiger partial charge >= 0.3 is 0 Å². The van der Waals surface area contributed by atoms with Gasteiger partial charge in [-0.1, -0.05) is 18.2 Å². The van der Waals surface area contributed by atoms with Crippen molar-refractivity contribution in [2.45, 2.75) is 57.2 Å². The van der Waals surface area contributed by atoms with E-state index in [9.17, 15) is 22.8 Å². The van der Waals surface area contributed by atoms with Crippen molar-refractivity contribution in [3.8, 4) is 0 Å². The van der Waals surface area contributed by atoms with Gasteiger partial charge in [0.1, 0.15) is 29.2 Å². The lowest BCUT2D eigenvalue weighted by Crippen LogP contribution is -2.48. The van der Waals surface area contributed by atoms with E-state index in [0.29, 0.717) is 48.3 Å². The molecule has 11 heteroatoms. The van der Waals surface area contributed by atoms with Crippen LogP contribution >= 0.6 is 0 Å². The number of halogens is 3. The Balaban J connectivity index is 1.57. The molecule has 1 N–H and O–H groups in total. The molecule has 0 atom stereocenters. The molecule has 3 aromatic rings. The van der Waals surface area contributed by atoms with Crippen LogP contribution in [0.15, 0.2) is 35.4 Å². The summed E-state index contributed by atoms with van der Waals surface area (Å²) in [6.07, 6.45) is 0.998. The normalized spacial score (nSPS) is 17.4. The summed E-state index contributed by atoms with van der Waals surface area (Å²) in [5, 5.41) is 3.61. The predicted octanol–water partition coefficient (Wildman–Crippen LogP) is 4.30. The van der Waals surface area contributed by atoms with E-state index in [1.165, 1.54) is 25.4 Å². The SMILES string of the molecule is COC1(c2cc3c(NCc4cccc(C(F)F)c4F)ncnc3n(C3CC3)c2=O)CCN(C(C)=O)CC1. The Bertz CT molecular complexity index is 1400. The topological polar surface area (TPSA) is 89.3 Å². The molecule has 1 aromatic carbocycles. The summed E-state index contributed by atoms with van der Waals surface area (Å²) < 4.78 is 48.6. The number of rotatable bonds is 7. The van der Waals surface area contributed by atoms with E-state index in [1.807, 2.05) is 0 Å². The number of hydrogen-bond donors (Lipinski definition) is 1. The number of alkyl halides is 2. The monoisotopic (exact) mass is 515 g/mol. The van der Waals surface area contributed by atoms with Crippen LogP contribution in [-0.4, -0.2) is 45.5 Å².